The Kier molecular flexibility index (Phi) is 4.93. The molecule has 94 valence electrons. The first-order valence-electron chi connectivity index (χ1n) is 5.39. The number of ether oxygens (including phenoxy) is 1. The molecule has 0 saturated heterocycles. The lowest BCUT2D eigenvalue weighted by molar-refractivity contribution is -0.125. The van der Waals surface area contributed by atoms with Crippen LogP contribution in [0, 0.1) is 0 Å². The van der Waals surface area contributed by atoms with E-state index >= 15 is 0 Å². The van der Waals surface area contributed by atoms with Gasteiger partial charge in [0.15, 0.2) is 0 Å². The largest absolute Gasteiger partial charge is 0.497 e. The van der Waals surface area contributed by atoms with Gasteiger partial charge in [0.1, 0.15) is 11.9 Å². The Balaban J connectivity index is 2.51. The summed E-state index contributed by atoms with van der Waals surface area (Å²) in [5.74, 6) is 0.0672. The van der Waals surface area contributed by atoms with Crippen molar-refractivity contribution in [3.8, 4) is 5.75 Å². The van der Waals surface area contributed by atoms with Crippen LogP contribution in [-0.4, -0.2) is 30.8 Å². The van der Waals surface area contributed by atoms with Crippen LogP contribution in [0.3, 0.4) is 0 Å². The molecule has 0 bridgehead atoms. The van der Waals surface area contributed by atoms with Crippen molar-refractivity contribution in [1.29, 1.82) is 0 Å². The van der Waals surface area contributed by atoms with Crippen LogP contribution in [0.5, 0.6) is 5.75 Å². The molecule has 0 heterocycles. The molecule has 2 atom stereocenters. The predicted octanol–water partition coefficient (Wildman–Crippen LogP) is 0.192. The van der Waals surface area contributed by atoms with Gasteiger partial charge in [-0.1, -0.05) is 12.1 Å². The summed E-state index contributed by atoms with van der Waals surface area (Å²) >= 11 is 0. The summed E-state index contributed by atoms with van der Waals surface area (Å²) in [4.78, 5) is 10.6. The maximum Gasteiger partial charge on any atom is 0.247 e. The highest BCUT2D eigenvalue weighted by atomic mass is 16.5. The molecule has 0 fully saturated rings. The zero-order chi connectivity index (χ0) is 12.8. The third kappa shape index (κ3) is 4.05. The average Bonchev–Trinajstić information content (AvgIpc) is 2.35. The van der Waals surface area contributed by atoms with E-state index < -0.39 is 12.0 Å². The highest BCUT2D eigenvalue weighted by molar-refractivity contribution is 5.78. The number of benzene rings is 1. The first kappa shape index (κ1) is 13.5. The number of primary amides is 1. The van der Waals surface area contributed by atoms with E-state index in [2.05, 4.69) is 5.32 Å². The van der Waals surface area contributed by atoms with Crippen LogP contribution in [0.15, 0.2) is 24.3 Å². The van der Waals surface area contributed by atoms with E-state index in [9.17, 15) is 9.90 Å². The molecular formula is C12H18N2O3. The summed E-state index contributed by atoms with van der Waals surface area (Å²) in [5.41, 5.74) is 6.00. The van der Waals surface area contributed by atoms with Gasteiger partial charge in [0.25, 0.3) is 0 Å². The van der Waals surface area contributed by atoms with Gasteiger partial charge in [0.05, 0.1) is 7.11 Å². The fraction of sp³-hybridized carbons (Fsp3) is 0.417. The van der Waals surface area contributed by atoms with Crippen molar-refractivity contribution < 1.29 is 14.6 Å². The predicted molar refractivity (Wildman–Crippen MR) is 64.6 cm³/mol. The second-order valence-electron chi connectivity index (χ2n) is 3.82. The van der Waals surface area contributed by atoms with Gasteiger partial charge in [0, 0.05) is 12.6 Å². The minimum atomic E-state index is -1.16. The lowest BCUT2D eigenvalue weighted by atomic mass is 10.1. The maximum absolute atomic E-state index is 10.6. The van der Waals surface area contributed by atoms with Gasteiger partial charge in [-0.25, -0.2) is 0 Å². The maximum atomic E-state index is 10.6. The lowest BCUT2D eigenvalue weighted by Gasteiger charge is -2.16. The van der Waals surface area contributed by atoms with Crippen molar-refractivity contribution in [2.75, 3.05) is 13.7 Å². The van der Waals surface area contributed by atoms with E-state index in [0.29, 0.717) is 0 Å². The molecule has 1 rings (SSSR count). The Hall–Kier alpha value is -1.59. The third-order valence-corrected chi connectivity index (χ3v) is 2.56. The van der Waals surface area contributed by atoms with Crippen molar-refractivity contribution in [2.45, 2.75) is 19.1 Å². The number of hydrogen-bond acceptors (Lipinski definition) is 4. The first-order chi connectivity index (χ1) is 8.04. The molecule has 2 unspecified atom stereocenters. The minimum Gasteiger partial charge on any atom is -0.497 e. The molecule has 1 aromatic rings. The molecule has 5 heteroatoms. The molecule has 0 aliphatic rings. The number of aliphatic hydroxyl groups is 1. The highest BCUT2D eigenvalue weighted by Crippen LogP contribution is 2.16. The topological polar surface area (TPSA) is 84.6 Å². The van der Waals surface area contributed by atoms with Crippen LogP contribution in [0.25, 0.3) is 0 Å². The minimum absolute atomic E-state index is 0.0231. The van der Waals surface area contributed by atoms with Crippen molar-refractivity contribution in [3.05, 3.63) is 29.8 Å². The summed E-state index contributed by atoms with van der Waals surface area (Å²) in [7, 11) is 1.61. The Labute approximate surface area is 101 Å². The molecule has 4 N–H and O–H groups in total. The second-order valence-corrected chi connectivity index (χ2v) is 3.82. The first-order valence-corrected chi connectivity index (χ1v) is 5.39. The van der Waals surface area contributed by atoms with Crippen molar-refractivity contribution in [1.82, 2.24) is 5.32 Å². The van der Waals surface area contributed by atoms with Crippen molar-refractivity contribution >= 4 is 5.91 Å². The fourth-order valence-corrected chi connectivity index (χ4v) is 1.40. The number of amides is 1. The van der Waals surface area contributed by atoms with E-state index in [4.69, 9.17) is 10.5 Å². The summed E-state index contributed by atoms with van der Waals surface area (Å²) in [6.45, 7) is 2.08. The molecule has 0 aliphatic heterocycles. The summed E-state index contributed by atoms with van der Waals surface area (Å²) < 4.78 is 5.06. The van der Waals surface area contributed by atoms with E-state index in [-0.39, 0.29) is 12.6 Å². The smallest absolute Gasteiger partial charge is 0.247 e. The quantitative estimate of drug-likeness (QED) is 0.660. The number of carbonyl (C=O) groups excluding carboxylic acids is 1. The molecule has 0 spiro atoms. The Morgan fingerprint density at radius 2 is 2.06 bits per heavy atom. The van der Waals surface area contributed by atoms with Crippen LogP contribution >= 0.6 is 0 Å². The summed E-state index contributed by atoms with van der Waals surface area (Å²) in [6.07, 6.45) is -1.16. The Morgan fingerprint density at radius 1 is 1.47 bits per heavy atom. The van der Waals surface area contributed by atoms with Crippen LogP contribution in [-0.2, 0) is 4.79 Å². The fourth-order valence-electron chi connectivity index (χ4n) is 1.40. The van der Waals surface area contributed by atoms with E-state index in [1.54, 1.807) is 7.11 Å². The average molecular weight is 238 g/mol. The molecule has 1 aromatic carbocycles. The SMILES string of the molecule is COc1ccc(C(C)NCC(O)C(N)=O)cc1. The van der Waals surface area contributed by atoms with Crippen LogP contribution in [0.4, 0.5) is 0 Å². The molecule has 5 nitrogen and oxygen atoms in total. The van der Waals surface area contributed by atoms with Crippen LogP contribution in [0.2, 0.25) is 0 Å². The molecular weight excluding hydrogens is 220 g/mol. The van der Waals surface area contributed by atoms with Gasteiger partial charge >= 0.3 is 0 Å². The molecule has 0 saturated carbocycles. The number of nitrogens with two attached hydrogens (primary N) is 1. The summed E-state index contributed by atoms with van der Waals surface area (Å²) in [6, 6.07) is 7.59. The normalized spacial score (nSPS) is 14.1. The van der Waals surface area contributed by atoms with E-state index in [1.807, 2.05) is 31.2 Å². The van der Waals surface area contributed by atoms with Gasteiger partial charge < -0.3 is 20.9 Å². The Bertz CT molecular complexity index is 365. The Morgan fingerprint density at radius 3 is 2.53 bits per heavy atom. The van der Waals surface area contributed by atoms with Crippen molar-refractivity contribution in [3.63, 3.8) is 0 Å². The third-order valence-electron chi connectivity index (χ3n) is 2.56. The number of hydrogen-bond donors (Lipinski definition) is 3. The zero-order valence-electron chi connectivity index (χ0n) is 10.0. The van der Waals surface area contributed by atoms with Gasteiger partial charge in [-0.05, 0) is 24.6 Å². The molecule has 0 aliphatic carbocycles. The standard InChI is InChI=1S/C12H18N2O3/c1-8(14-7-11(15)12(13)16)9-3-5-10(17-2)6-4-9/h3-6,8,11,14-15H,7H2,1-2H3,(H2,13,16). The number of nitrogens with one attached hydrogen (secondary N) is 1. The zero-order valence-corrected chi connectivity index (χ0v) is 10.0. The number of aliphatic hydroxyl groups excluding tert-OH is 1. The van der Waals surface area contributed by atoms with Gasteiger partial charge in [-0.15, -0.1) is 0 Å². The van der Waals surface area contributed by atoms with Gasteiger partial charge in [-0.3, -0.25) is 4.79 Å². The number of rotatable bonds is 6. The molecule has 17 heavy (non-hydrogen) atoms. The van der Waals surface area contributed by atoms with Crippen molar-refractivity contribution in [2.24, 2.45) is 5.73 Å². The van der Waals surface area contributed by atoms with Gasteiger partial charge in [-0.2, -0.15) is 0 Å². The number of carbonyl (C=O) groups is 1. The lowest BCUT2D eigenvalue weighted by Crippen LogP contribution is -2.38. The monoisotopic (exact) mass is 238 g/mol. The van der Waals surface area contributed by atoms with Crippen LogP contribution in [0.1, 0.15) is 18.5 Å². The van der Waals surface area contributed by atoms with E-state index in [0.717, 1.165) is 11.3 Å². The van der Waals surface area contributed by atoms with Gasteiger partial charge in [0.2, 0.25) is 5.91 Å². The molecule has 0 aromatic heterocycles. The number of methoxy groups -OCH3 is 1. The van der Waals surface area contributed by atoms with E-state index in [1.165, 1.54) is 0 Å². The second kappa shape index (κ2) is 6.22. The molecule has 0 radical (unpaired) electrons. The highest BCUT2D eigenvalue weighted by Gasteiger charge is 2.12. The molecule has 1 amide bonds. The summed E-state index contributed by atoms with van der Waals surface area (Å²) in [5, 5.41) is 12.3. The van der Waals surface area contributed by atoms with Crippen LogP contribution < -0.4 is 15.8 Å².